The van der Waals surface area contributed by atoms with Crippen LogP contribution in [0.3, 0.4) is 0 Å². The van der Waals surface area contributed by atoms with E-state index in [-0.39, 0.29) is 0 Å². The minimum atomic E-state index is 0.326. The molecule has 3 unspecified atom stereocenters. The molecule has 0 saturated heterocycles. The lowest BCUT2D eigenvalue weighted by Gasteiger charge is -2.51. The fraction of sp³-hybridized carbons (Fsp3) is 1.00. The van der Waals surface area contributed by atoms with Gasteiger partial charge in [-0.1, -0.05) is 29.8 Å². The summed E-state index contributed by atoms with van der Waals surface area (Å²) in [5.74, 6) is 0. The molecule has 0 aliphatic heterocycles. The molecule has 14 heavy (non-hydrogen) atoms. The molecule has 0 amide bonds. The molecule has 1 rings (SSSR count). The standard InChI is InChI=1S/C11H21BrO2/c1-4-11(3)9(12)8-10(11)14-7-6-13-5-2/h9-10H,4-8H2,1-3H3. The summed E-state index contributed by atoms with van der Waals surface area (Å²) in [6, 6.07) is 0. The van der Waals surface area contributed by atoms with Crippen LogP contribution < -0.4 is 0 Å². The third-order valence-corrected chi connectivity index (χ3v) is 4.80. The summed E-state index contributed by atoms with van der Waals surface area (Å²) >= 11 is 3.69. The van der Waals surface area contributed by atoms with Crippen molar-refractivity contribution in [2.75, 3.05) is 19.8 Å². The van der Waals surface area contributed by atoms with Gasteiger partial charge in [-0.2, -0.15) is 0 Å². The highest BCUT2D eigenvalue weighted by Crippen LogP contribution is 2.49. The minimum absolute atomic E-state index is 0.326. The number of ether oxygens (including phenoxy) is 2. The molecule has 0 radical (unpaired) electrons. The second kappa shape index (κ2) is 5.47. The molecule has 0 N–H and O–H groups in total. The van der Waals surface area contributed by atoms with Gasteiger partial charge in [0.2, 0.25) is 0 Å². The molecule has 1 aliphatic rings. The van der Waals surface area contributed by atoms with Crippen molar-refractivity contribution in [1.82, 2.24) is 0 Å². The lowest BCUT2D eigenvalue weighted by molar-refractivity contribution is -0.107. The Bertz CT molecular complexity index is 175. The van der Waals surface area contributed by atoms with E-state index in [4.69, 9.17) is 9.47 Å². The molecule has 1 aliphatic carbocycles. The second-order valence-corrected chi connectivity index (χ2v) is 5.22. The van der Waals surface area contributed by atoms with Crippen LogP contribution in [0, 0.1) is 5.41 Å². The second-order valence-electron chi connectivity index (χ2n) is 4.12. The van der Waals surface area contributed by atoms with E-state index in [0.717, 1.165) is 26.2 Å². The zero-order valence-electron chi connectivity index (χ0n) is 9.38. The lowest BCUT2D eigenvalue weighted by Crippen LogP contribution is -2.53. The van der Waals surface area contributed by atoms with Crippen molar-refractivity contribution in [1.29, 1.82) is 0 Å². The van der Waals surface area contributed by atoms with Crippen molar-refractivity contribution in [3.63, 3.8) is 0 Å². The molecule has 1 fully saturated rings. The van der Waals surface area contributed by atoms with E-state index in [0.29, 0.717) is 16.3 Å². The van der Waals surface area contributed by atoms with Crippen molar-refractivity contribution in [2.45, 2.75) is 44.5 Å². The van der Waals surface area contributed by atoms with Crippen LogP contribution in [0.1, 0.15) is 33.6 Å². The zero-order valence-corrected chi connectivity index (χ0v) is 11.0. The summed E-state index contributed by atoms with van der Waals surface area (Å²) in [6.45, 7) is 8.76. The largest absolute Gasteiger partial charge is 0.379 e. The highest BCUT2D eigenvalue weighted by Gasteiger charge is 2.49. The Balaban J connectivity index is 2.20. The molecular formula is C11H21BrO2. The fourth-order valence-corrected chi connectivity index (χ4v) is 2.83. The van der Waals surface area contributed by atoms with Crippen molar-refractivity contribution >= 4 is 15.9 Å². The molecule has 3 atom stereocenters. The predicted molar refractivity (Wildman–Crippen MR) is 62.0 cm³/mol. The number of halogens is 1. The van der Waals surface area contributed by atoms with Gasteiger partial charge in [0.05, 0.1) is 19.3 Å². The van der Waals surface area contributed by atoms with Crippen LogP contribution in [0.5, 0.6) is 0 Å². The SMILES string of the molecule is CCOCCOC1CC(Br)C1(C)CC. The van der Waals surface area contributed by atoms with Crippen LogP contribution in [0.25, 0.3) is 0 Å². The van der Waals surface area contributed by atoms with E-state index in [2.05, 4.69) is 29.8 Å². The minimum Gasteiger partial charge on any atom is -0.379 e. The van der Waals surface area contributed by atoms with Gasteiger partial charge < -0.3 is 9.47 Å². The molecule has 3 heteroatoms. The van der Waals surface area contributed by atoms with Gasteiger partial charge in [-0.15, -0.1) is 0 Å². The van der Waals surface area contributed by atoms with E-state index in [1.807, 2.05) is 6.92 Å². The molecule has 0 heterocycles. The summed E-state index contributed by atoms with van der Waals surface area (Å²) in [6.07, 6.45) is 2.72. The highest BCUT2D eigenvalue weighted by atomic mass is 79.9. The summed E-state index contributed by atoms with van der Waals surface area (Å²) in [4.78, 5) is 0.622. The van der Waals surface area contributed by atoms with Crippen LogP contribution >= 0.6 is 15.9 Å². The topological polar surface area (TPSA) is 18.5 Å². The van der Waals surface area contributed by atoms with E-state index in [9.17, 15) is 0 Å². The predicted octanol–water partition coefficient (Wildman–Crippen LogP) is 2.99. The van der Waals surface area contributed by atoms with Gasteiger partial charge in [0.1, 0.15) is 0 Å². The first-order chi connectivity index (χ1) is 6.65. The van der Waals surface area contributed by atoms with Gasteiger partial charge in [-0.3, -0.25) is 0 Å². The van der Waals surface area contributed by atoms with Crippen molar-refractivity contribution < 1.29 is 9.47 Å². The van der Waals surface area contributed by atoms with Gasteiger partial charge in [-0.05, 0) is 19.8 Å². The molecule has 0 aromatic rings. The van der Waals surface area contributed by atoms with Crippen LogP contribution in [0.4, 0.5) is 0 Å². The average Bonchev–Trinajstić information content (AvgIpc) is 2.21. The van der Waals surface area contributed by atoms with Crippen LogP contribution in [-0.2, 0) is 9.47 Å². The van der Waals surface area contributed by atoms with E-state index in [1.54, 1.807) is 0 Å². The Morgan fingerprint density at radius 2 is 2.07 bits per heavy atom. The quantitative estimate of drug-likeness (QED) is 0.543. The van der Waals surface area contributed by atoms with Crippen molar-refractivity contribution in [3.05, 3.63) is 0 Å². The van der Waals surface area contributed by atoms with Gasteiger partial charge in [0.15, 0.2) is 0 Å². The van der Waals surface area contributed by atoms with Crippen LogP contribution in [-0.4, -0.2) is 30.8 Å². The number of alkyl halides is 1. The highest BCUT2D eigenvalue weighted by molar-refractivity contribution is 9.09. The molecule has 0 aromatic heterocycles. The summed E-state index contributed by atoms with van der Waals surface area (Å²) < 4.78 is 11.0. The molecule has 0 bridgehead atoms. The maximum absolute atomic E-state index is 5.80. The monoisotopic (exact) mass is 264 g/mol. The first kappa shape index (κ1) is 12.5. The van der Waals surface area contributed by atoms with E-state index >= 15 is 0 Å². The Labute approximate surface area is 95.5 Å². The normalized spacial score (nSPS) is 36.9. The molecule has 84 valence electrons. The molecule has 2 nitrogen and oxygen atoms in total. The number of hydrogen-bond acceptors (Lipinski definition) is 2. The number of hydrogen-bond donors (Lipinski definition) is 0. The molecular weight excluding hydrogens is 244 g/mol. The molecule has 0 spiro atoms. The smallest absolute Gasteiger partial charge is 0.0704 e. The van der Waals surface area contributed by atoms with Gasteiger partial charge in [-0.25, -0.2) is 0 Å². The maximum Gasteiger partial charge on any atom is 0.0704 e. The Hall–Kier alpha value is 0.400. The third-order valence-electron chi connectivity index (χ3n) is 3.38. The molecule has 0 aromatic carbocycles. The Kier molecular flexibility index (Phi) is 4.88. The Morgan fingerprint density at radius 3 is 2.57 bits per heavy atom. The number of rotatable bonds is 6. The zero-order chi connectivity index (χ0) is 10.6. The summed E-state index contributed by atoms with van der Waals surface area (Å²) in [7, 11) is 0. The first-order valence-corrected chi connectivity index (χ1v) is 6.40. The van der Waals surface area contributed by atoms with E-state index < -0.39 is 0 Å². The first-order valence-electron chi connectivity index (χ1n) is 5.48. The van der Waals surface area contributed by atoms with Crippen molar-refractivity contribution in [3.8, 4) is 0 Å². The maximum atomic E-state index is 5.80. The summed E-state index contributed by atoms with van der Waals surface area (Å²) in [5, 5.41) is 0. The van der Waals surface area contributed by atoms with Crippen LogP contribution in [0.15, 0.2) is 0 Å². The summed E-state index contributed by atoms with van der Waals surface area (Å²) in [5.41, 5.74) is 0.326. The average molecular weight is 265 g/mol. The lowest BCUT2D eigenvalue weighted by atomic mass is 9.66. The fourth-order valence-electron chi connectivity index (χ4n) is 1.87. The third kappa shape index (κ3) is 2.50. The van der Waals surface area contributed by atoms with Crippen molar-refractivity contribution in [2.24, 2.45) is 5.41 Å². The van der Waals surface area contributed by atoms with Gasteiger partial charge in [0, 0.05) is 16.8 Å². The van der Waals surface area contributed by atoms with Gasteiger partial charge >= 0.3 is 0 Å². The Morgan fingerprint density at radius 1 is 1.36 bits per heavy atom. The van der Waals surface area contributed by atoms with E-state index in [1.165, 1.54) is 6.42 Å². The molecule has 1 saturated carbocycles. The van der Waals surface area contributed by atoms with Gasteiger partial charge in [0.25, 0.3) is 0 Å². The van der Waals surface area contributed by atoms with Crippen LogP contribution in [0.2, 0.25) is 0 Å².